The van der Waals surface area contributed by atoms with Gasteiger partial charge in [0.1, 0.15) is 16.5 Å². The molecule has 0 radical (unpaired) electrons. The van der Waals surface area contributed by atoms with Gasteiger partial charge in [-0.1, -0.05) is 29.8 Å². The summed E-state index contributed by atoms with van der Waals surface area (Å²) in [7, 11) is 0. The molecule has 3 aromatic rings. The van der Waals surface area contributed by atoms with Crippen LogP contribution in [0.1, 0.15) is 15.2 Å². The van der Waals surface area contributed by atoms with Crippen molar-refractivity contribution in [3.05, 3.63) is 69.6 Å². The van der Waals surface area contributed by atoms with E-state index in [0.29, 0.717) is 9.90 Å². The van der Waals surface area contributed by atoms with Crippen LogP contribution in [0.25, 0.3) is 10.1 Å². The minimum Gasteiger partial charge on any atom is -0.266 e. The Hall–Kier alpha value is -2.31. The molecule has 0 atom stereocenters. The van der Waals surface area contributed by atoms with Gasteiger partial charge in [0.2, 0.25) is 0 Å². The molecule has 0 aliphatic carbocycles. The number of carbonyl (C=O) groups excluding carboxylic acids is 1. The van der Waals surface area contributed by atoms with Crippen molar-refractivity contribution < 1.29 is 13.6 Å². The van der Waals surface area contributed by atoms with E-state index in [-0.39, 0.29) is 5.56 Å². The average molecular weight is 351 g/mol. The van der Waals surface area contributed by atoms with Crippen molar-refractivity contribution in [2.45, 2.75) is 0 Å². The Morgan fingerprint density at radius 3 is 2.74 bits per heavy atom. The first kappa shape index (κ1) is 15.6. The molecular formula is C16H9ClF2N2OS. The number of hydrazone groups is 1. The quantitative estimate of drug-likeness (QED) is 0.544. The predicted molar refractivity (Wildman–Crippen MR) is 88.3 cm³/mol. The molecule has 1 amide bonds. The van der Waals surface area contributed by atoms with Gasteiger partial charge in [0.25, 0.3) is 5.91 Å². The number of hydrogen-bond acceptors (Lipinski definition) is 3. The molecule has 0 bridgehead atoms. The van der Waals surface area contributed by atoms with Gasteiger partial charge in [0.05, 0.1) is 11.2 Å². The number of fused-ring (bicyclic) bond motifs is 1. The first-order chi connectivity index (χ1) is 11.1. The number of benzene rings is 2. The normalized spacial score (nSPS) is 11.3. The summed E-state index contributed by atoms with van der Waals surface area (Å²) >= 11 is 7.43. The van der Waals surface area contributed by atoms with Crippen molar-refractivity contribution in [3.63, 3.8) is 0 Å². The topological polar surface area (TPSA) is 41.5 Å². The highest BCUT2D eigenvalue weighted by Crippen LogP contribution is 2.34. The van der Waals surface area contributed by atoms with Crippen LogP contribution in [0.2, 0.25) is 5.02 Å². The Balaban J connectivity index is 1.78. The van der Waals surface area contributed by atoms with Crippen LogP contribution < -0.4 is 5.43 Å². The third kappa shape index (κ3) is 3.23. The summed E-state index contributed by atoms with van der Waals surface area (Å²) in [5.41, 5.74) is 2.35. The second kappa shape index (κ2) is 6.44. The van der Waals surface area contributed by atoms with E-state index in [0.717, 1.165) is 28.4 Å². The first-order valence-electron chi connectivity index (χ1n) is 6.52. The lowest BCUT2D eigenvalue weighted by Crippen LogP contribution is -2.16. The maximum absolute atomic E-state index is 13.4. The van der Waals surface area contributed by atoms with E-state index in [2.05, 4.69) is 10.5 Å². The molecule has 23 heavy (non-hydrogen) atoms. The number of thiophene rings is 1. The van der Waals surface area contributed by atoms with Gasteiger partial charge in [0, 0.05) is 21.7 Å². The third-order valence-electron chi connectivity index (χ3n) is 3.07. The zero-order chi connectivity index (χ0) is 16.4. The summed E-state index contributed by atoms with van der Waals surface area (Å²) in [6, 6.07) is 10.4. The summed E-state index contributed by atoms with van der Waals surface area (Å²) in [5, 5.41) is 4.82. The lowest BCUT2D eigenvalue weighted by atomic mass is 10.2. The average Bonchev–Trinajstić information content (AvgIpc) is 2.87. The number of halogens is 3. The maximum atomic E-state index is 13.4. The second-order valence-corrected chi connectivity index (χ2v) is 6.04. The van der Waals surface area contributed by atoms with E-state index >= 15 is 0 Å². The minimum atomic E-state index is -0.761. The number of nitrogens with zero attached hydrogens (tertiary/aromatic N) is 1. The molecule has 3 rings (SSSR count). The largest absolute Gasteiger partial charge is 0.283 e. The lowest BCUT2D eigenvalue weighted by molar-refractivity contribution is 0.0959. The monoisotopic (exact) mass is 350 g/mol. The van der Waals surface area contributed by atoms with E-state index in [9.17, 15) is 13.6 Å². The van der Waals surface area contributed by atoms with Crippen LogP contribution in [-0.2, 0) is 0 Å². The molecule has 3 nitrogen and oxygen atoms in total. The highest BCUT2D eigenvalue weighted by molar-refractivity contribution is 7.21. The van der Waals surface area contributed by atoms with Crippen molar-refractivity contribution in [1.29, 1.82) is 0 Å². The summed E-state index contributed by atoms with van der Waals surface area (Å²) in [6.45, 7) is 0. The summed E-state index contributed by atoms with van der Waals surface area (Å²) in [5.74, 6) is -1.93. The highest BCUT2D eigenvalue weighted by atomic mass is 35.5. The molecule has 0 saturated carbocycles. The van der Waals surface area contributed by atoms with Crippen molar-refractivity contribution in [2.24, 2.45) is 5.10 Å². The fourth-order valence-electron chi connectivity index (χ4n) is 1.98. The lowest BCUT2D eigenvalue weighted by Gasteiger charge is -1.98. The summed E-state index contributed by atoms with van der Waals surface area (Å²) < 4.78 is 27.1. The van der Waals surface area contributed by atoms with Crippen molar-refractivity contribution >= 4 is 45.1 Å². The highest BCUT2D eigenvalue weighted by Gasteiger charge is 2.16. The van der Waals surface area contributed by atoms with Crippen LogP contribution in [0, 0.1) is 11.6 Å². The molecule has 7 heteroatoms. The molecular weight excluding hydrogens is 342 g/mol. The van der Waals surface area contributed by atoms with Crippen LogP contribution >= 0.6 is 22.9 Å². The van der Waals surface area contributed by atoms with Crippen molar-refractivity contribution in [1.82, 2.24) is 5.43 Å². The fraction of sp³-hybridized carbons (Fsp3) is 0. The van der Waals surface area contributed by atoms with Gasteiger partial charge in [-0.2, -0.15) is 5.10 Å². The number of amides is 1. The Kier molecular flexibility index (Phi) is 4.36. The van der Waals surface area contributed by atoms with Crippen LogP contribution in [0.15, 0.2) is 47.6 Å². The van der Waals surface area contributed by atoms with Crippen molar-refractivity contribution in [3.8, 4) is 0 Å². The van der Waals surface area contributed by atoms with Crippen LogP contribution in [0.5, 0.6) is 0 Å². The maximum Gasteiger partial charge on any atom is 0.283 e. The fourth-order valence-corrected chi connectivity index (χ4v) is 3.38. The Morgan fingerprint density at radius 2 is 2.00 bits per heavy atom. The smallest absolute Gasteiger partial charge is 0.266 e. The predicted octanol–water partition coefficient (Wildman–Crippen LogP) is 4.60. The van der Waals surface area contributed by atoms with E-state index < -0.39 is 17.5 Å². The zero-order valence-corrected chi connectivity index (χ0v) is 13.1. The van der Waals surface area contributed by atoms with Crippen LogP contribution in [0.4, 0.5) is 8.78 Å². The van der Waals surface area contributed by atoms with Crippen LogP contribution in [0.3, 0.4) is 0 Å². The molecule has 0 aliphatic rings. The number of rotatable bonds is 3. The van der Waals surface area contributed by atoms with E-state index in [1.165, 1.54) is 17.4 Å². The summed E-state index contributed by atoms with van der Waals surface area (Å²) in [4.78, 5) is 12.4. The number of carbonyl (C=O) groups is 1. The van der Waals surface area contributed by atoms with Gasteiger partial charge in [0.15, 0.2) is 0 Å². The van der Waals surface area contributed by atoms with E-state index in [1.807, 2.05) is 24.3 Å². The Labute approximate surface area is 139 Å². The Bertz CT molecular complexity index is 924. The van der Waals surface area contributed by atoms with Crippen LogP contribution in [-0.4, -0.2) is 12.1 Å². The molecule has 0 saturated heterocycles. The molecule has 2 aromatic carbocycles. The number of hydrogen-bond donors (Lipinski definition) is 1. The van der Waals surface area contributed by atoms with Gasteiger partial charge >= 0.3 is 0 Å². The third-order valence-corrected chi connectivity index (χ3v) is 4.75. The van der Waals surface area contributed by atoms with E-state index in [1.54, 1.807) is 0 Å². The molecule has 1 heterocycles. The Morgan fingerprint density at radius 1 is 1.22 bits per heavy atom. The van der Waals surface area contributed by atoms with Gasteiger partial charge in [-0.05, 0) is 18.2 Å². The first-order valence-corrected chi connectivity index (χ1v) is 7.71. The molecule has 0 unspecified atom stereocenters. The molecule has 116 valence electrons. The minimum absolute atomic E-state index is 0.0640. The summed E-state index contributed by atoms with van der Waals surface area (Å²) in [6.07, 6.45) is 1.11. The van der Waals surface area contributed by atoms with Gasteiger partial charge < -0.3 is 0 Å². The second-order valence-electron chi connectivity index (χ2n) is 4.61. The van der Waals surface area contributed by atoms with Gasteiger partial charge in [-0.15, -0.1) is 11.3 Å². The van der Waals surface area contributed by atoms with Gasteiger partial charge in [-0.3, -0.25) is 4.79 Å². The van der Waals surface area contributed by atoms with Crippen molar-refractivity contribution in [2.75, 3.05) is 0 Å². The molecule has 0 aliphatic heterocycles. The molecule has 1 aromatic heterocycles. The molecule has 1 N–H and O–H groups in total. The molecule has 0 spiro atoms. The standard InChI is InChI=1S/C16H9ClF2N2OS/c17-14-11-3-1-2-4-13(11)23-15(14)16(22)21-20-8-9-5-6-10(18)7-12(9)19/h1-8H,(H,21,22). The van der Waals surface area contributed by atoms with Gasteiger partial charge in [-0.25, -0.2) is 14.2 Å². The zero-order valence-electron chi connectivity index (χ0n) is 11.5. The SMILES string of the molecule is O=C(NN=Cc1ccc(F)cc1F)c1sc2ccccc2c1Cl. The molecule has 0 fully saturated rings. The number of nitrogens with one attached hydrogen (secondary N) is 1. The van der Waals surface area contributed by atoms with E-state index in [4.69, 9.17) is 11.6 Å².